The number of rotatable bonds is 3. The average Bonchev–Trinajstić information content (AvgIpc) is 2.64. The third-order valence-corrected chi connectivity index (χ3v) is 4.84. The lowest BCUT2D eigenvalue weighted by Gasteiger charge is -2.18. The van der Waals surface area contributed by atoms with E-state index in [0.29, 0.717) is 11.8 Å². The van der Waals surface area contributed by atoms with Crippen molar-refractivity contribution in [1.82, 2.24) is 4.90 Å². The fourth-order valence-corrected chi connectivity index (χ4v) is 3.29. The Morgan fingerprint density at radius 2 is 1.89 bits per heavy atom. The Kier molecular flexibility index (Phi) is 3.16. The SMILES string of the molecule is CC(C)C1CCN(C(=O)C2C(C(=O)O)C2(C)C)C1. The molecule has 102 valence electrons. The minimum absolute atomic E-state index is 0.0514. The number of nitrogens with zero attached hydrogens (tertiary/aromatic N) is 1. The third kappa shape index (κ3) is 2.02. The quantitative estimate of drug-likeness (QED) is 0.835. The standard InChI is InChI=1S/C14H23NO3/c1-8(2)9-5-6-15(7-9)12(16)10-11(13(17)18)14(10,3)4/h8-11H,5-7H2,1-4H3,(H,17,18). The number of likely N-dealkylation sites (tertiary alicyclic amines) is 1. The van der Waals surface area contributed by atoms with Crippen LogP contribution in [0.5, 0.6) is 0 Å². The molecule has 4 nitrogen and oxygen atoms in total. The molecule has 0 spiro atoms. The van der Waals surface area contributed by atoms with E-state index in [0.717, 1.165) is 19.5 Å². The van der Waals surface area contributed by atoms with Gasteiger partial charge in [0.25, 0.3) is 0 Å². The lowest BCUT2D eigenvalue weighted by molar-refractivity contribution is -0.141. The maximum Gasteiger partial charge on any atom is 0.307 e. The van der Waals surface area contributed by atoms with Crippen LogP contribution in [0.15, 0.2) is 0 Å². The summed E-state index contributed by atoms with van der Waals surface area (Å²) in [6.07, 6.45) is 1.05. The third-order valence-electron chi connectivity index (χ3n) is 4.84. The summed E-state index contributed by atoms with van der Waals surface area (Å²) in [5.41, 5.74) is -0.376. The Balaban J connectivity index is 2.00. The second-order valence-electron chi connectivity index (χ2n) is 6.69. The molecule has 4 heteroatoms. The molecule has 0 bridgehead atoms. The second-order valence-corrected chi connectivity index (χ2v) is 6.69. The molecule has 1 N–H and O–H groups in total. The van der Waals surface area contributed by atoms with E-state index in [1.165, 1.54) is 0 Å². The highest BCUT2D eigenvalue weighted by molar-refractivity contribution is 5.91. The van der Waals surface area contributed by atoms with Gasteiger partial charge in [-0.2, -0.15) is 0 Å². The molecule has 2 fully saturated rings. The molecule has 0 aromatic heterocycles. The lowest BCUT2D eigenvalue weighted by atomic mass is 9.95. The van der Waals surface area contributed by atoms with Crippen molar-refractivity contribution in [2.45, 2.75) is 34.1 Å². The van der Waals surface area contributed by atoms with Crippen LogP contribution in [0, 0.1) is 29.1 Å². The molecule has 2 aliphatic rings. The minimum atomic E-state index is -0.835. The Hall–Kier alpha value is -1.06. The Morgan fingerprint density at radius 1 is 1.28 bits per heavy atom. The van der Waals surface area contributed by atoms with Crippen LogP contribution in [0.4, 0.5) is 0 Å². The van der Waals surface area contributed by atoms with Crippen LogP contribution in [-0.2, 0) is 9.59 Å². The van der Waals surface area contributed by atoms with Gasteiger partial charge in [-0.1, -0.05) is 27.7 Å². The number of carbonyl (C=O) groups excluding carboxylic acids is 1. The molecule has 1 amide bonds. The van der Waals surface area contributed by atoms with Crippen molar-refractivity contribution in [1.29, 1.82) is 0 Å². The predicted octanol–water partition coefficient (Wildman–Crippen LogP) is 1.85. The number of carboxylic acids is 1. The van der Waals surface area contributed by atoms with Crippen molar-refractivity contribution >= 4 is 11.9 Å². The van der Waals surface area contributed by atoms with Crippen molar-refractivity contribution < 1.29 is 14.7 Å². The van der Waals surface area contributed by atoms with E-state index < -0.39 is 11.9 Å². The predicted molar refractivity (Wildman–Crippen MR) is 67.9 cm³/mol. The monoisotopic (exact) mass is 253 g/mol. The first-order chi connectivity index (χ1) is 8.26. The van der Waals surface area contributed by atoms with Gasteiger partial charge in [0.2, 0.25) is 5.91 Å². The molecule has 0 aromatic rings. The highest BCUT2D eigenvalue weighted by Crippen LogP contribution is 2.59. The fourth-order valence-electron chi connectivity index (χ4n) is 3.29. The molecular formula is C14H23NO3. The summed E-state index contributed by atoms with van der Waals surface area (Å²) in [6.45, 7) is 9.71. The summed E-state index contributed by atoms with van der Waals surface area (Å²) >= 11 is 0. The van der Waals surface area contributed by atoms with Crippen molar-refractivity contribution in [3.63, 3.8) is 0 Å². The highest BCUT2D eigenvalue weighted by atomic mass is 16.4. The zero-order valence-corrected chi connectivity index (χ0v) is 11.6. The largest absolute Gasteiger partial charge is 0.481 e. The first-order valence-electron chi connectivity index (χ1n) is 6.78. The molecule has 3 atom stereocenters. The highest BCUT2D eigenvalue weighted by Gasteiger charge is 2.66. The van der Waals surface area contributed by atoms with Crippen molar-refractivity contribution in [3.8, 4) is 0 Å². The van der Waals surface area contributed by atoms with Gasteiger partial charge in [0.05, 0.1) is 11.8 Å². The molecule has 3 unspecified atom stereocenters. The maximum atomic E-state index is 12.4. The van der Waals surface area contributed by atoms with Crippen molar-refractivity contribution in [2.24, 2.45) is 29.1 Å². The van der Waals surface area contributed by atoms with Gasteiger partial charge in [0, 0.05) is 13.1 Å². The smallest absolute Gasteiger partial charge is 0.307 e. The summed E-state index contributed by atoms with van der Waals surface area (Å²) < 4.78 is 0. The number of carbonyl (C=O) groups is 2. The first-order valence-corrected chi connectivity index (χ1v) is 6.78. The van der Waals surface area contributed by atoms with E-state index in [9.17, 15) is 9.59 Å². The summed E-state index contributed by atoms with van der Waals surface area (Å²) in [5, 5.41) is 9.12. The maximum absolute atomic E-state index is 12.4. The molecular weight excluding hydrogens is 230 g/mol. The van der Waals surface area contributed by atoms with Crippen LogP contribution in [0.2, 0.25) is 0 Å². The van der Waals surface area contributed by atoms with Crippen LogP contribution in [0.25, 0.3) is 0 Å². The van der Waals surface area contributed by atoms with Crippen LogP contribution < -0.4 is 0 Å². The van der Waals surface area contributed by atoms with E-state index in [2.05, 4.69) is 13.8 Å². The molecule has 1 saturated carbocycles. The average molecular weight is 253 g/mol. The normalized spacial score (nSPS) is 33.8. The molecule has 1 heterocycles. The Labute approximate surface area is 108 Å². The topological polar surface area (TPSA) is 57.6 Å². The van der Waals surface area contributed by atoms with Crippen molar-refractivity contribution in [2.75, 3.05) is 13.1 Å². The summed E-state index contributed by atoms with van der Waals surface area (Å²) in [5.74, 6) is -0.443. The van der Waals surface area contributed by atoms with Gasteiger partial charge in [-0.3, -0.25) is 9.59 Å². The molecule has 0 radical (unpaired) electrons. The van der Waals surface area contributed by atoms with E-state index >= 15 is 0 Å². The van der Waals surface area contributed by atoms with Crippen molar-refractivity contribution in [3.05, 3.63) is 0 Å². The zero-order chi connectivity index (χ0) is 13.7. The van der Waals surface area contributed by atoms with E-state index in [4.69, 9.17) is 5.11 Å². The molecule has 1 aliphatic carbocycles. The van der Waals surface area contributed by atoms with Gasteiger partial charge in [-0.25, -0.2) is 0 Å². The molecule has 1 aliphatic heterocycles. The van der Waals surface area contributed by atoms with E-state index in [1.807, 2.05) is 18.7 Å². The molecule has 1 saturated heterocycles. The number of carboxylic acid groups (broad SMARTS) is 1. The van der Waals surface area contributed by atoms with Gasteiger partial charge < -0.3 is 10.0 Å². The molecule has 18 heavy (non-hydrogen) atoms. The number of hydrogen-bond donors (Lipinski definition) is 1. The van der Waals surface area contributed by atoms with Crippen LogP contribution in [-0.4, -0.2) is 35.0 Å². The van der Waals surface area contributed by atoms with Gasteiger partial charge in [-0.15, -0.1) is 0 Å². The summed E-state index contributed by atoms with van der Waals surface area (Å²) in [6, 6.07) is 0. The summed E-state index contributed by atoms with van der Waals surface area (Å²) in [7, 11) is 0. The Morgan fingerprint density at radius 3 is 2.28 bits per heavy atom. The van der Waals surface area contributed by atoms with Crippen LogP contribution in [0.1, 0.15) is 34.1 Å². The van der Waals surface area contributed by atoms with E-state index in [-0.39, 0.29) is 17.2 Å². The van der Waals surface area contributed by atoms with Gasteiger partial charge in [0.15, 0.2) is 0 Å². The number of hydrogen-bond acceptors (Lipinski definition) is 2. The fraction of sp³-hybridized carbons (Fsp3) is 0.857. The van der Waals surface area contributed by atoms with Crippen LogP contribution >= 0.6 is 0 Å². The van der Waals surface area contributed by atoms with Gasteiger partial charge in [0.1, 0.15) is 0 Å². The lowest BCUT2D eigenvalue weighted by Crippen LogP contribution is -2.32. The van der Waals surface area contributed by atoms with Gasteiger partial charge in [-0.05, 0) is 23.7 Å². The number of amides is 1. The Bertz CT molecular complexity index is 375. The number of aliphatic carboxylic acids is 1. The van der Waals surface area contributed by atoms with Gasteiger partial charge >= 0.3 is 5.97 Å². The van der Waals surface area contributed by atoms with E-state index in [1.54, 1.807) is 0 Å². The summed E-state index contributed by atoms with van der Waals surface area (Å²) in [4.78, 5) is 25.4. The van der Waals surface area contributed by atoms with Crippen LogP contribution in [0.3, 0.4) is 0 Å². The first kappa shape index (κ1) is 13.4. The molecule has 0 aromatic carbocycles. The second kappa shape index (κ2) is 4.25. The minimum Gasteiger partial charge on any atom is -0.481 e. The molecule has 2 rings (SSSR count). The zero-order valence-electron chi connectivity index (χ0n) is 11.6.